The number of benzene rings is 1. The summed E-state index contributed by atoms with van der Waals surface area (Å²) < 4.78 is 26.8. The third kappa shape index (κ3) is 4.26. The van der Waals surface area contributed by atoms with Gasteiger partial charge < -0.3 is 10.6 Å². The molecule has 0 bridgehead atoms. The summed E-state index contributed by atoms with van der Waals surface area (Å²) in [6.07, 6.45) is 2.45. The van der Waals surface area contributed by atoms with Crippen molar-refractivity contribution in [2.45, 2.75) is 64.1 Å². The first-order valence-electron chi connectivity index (χ1n) is 7.65. The zero-order chi connectivity index (χ0) is 16.5. The fourth-order valence-corrected chi connectivity index (χ4v) is 3.29. The summed E-state index contributed by atoms with van der Waals surface area (Å²) in [6, 6.07) is 3.79. The second-order valence-corrected chi connectivity index (χ2v) is 7.05. The van der Waals surface area contributed by atoms with Gasteiger partial charge in [0, 0.05) is 30.1 Å². The Kier molecular flexibility index (Phi) is 4.57. The van der Waals surface area contributed by atoms with Crippen LogP contribution >= 0.6 is 0 Å². The number of hydrogen-bond donors (Lipinski definition) is 2. The topological polar surface area (TPSA) is 41.1 Å². The van der Waals surface area contributed by atoms with E-state index in [1.807, 2.05) is 20.8 Å². The van der Waals surface area contributed by atoms with Crippen LogP contribution in [0.4, 0.5) is 8.78 Å². The molecule has 2 N–H and O–H groups in total. The van der Waals surface area contributed by atoms with Crippen molar-refractivity contribution >= 4 is 5.91 Å². The van der Waals surface area contributed by atoms with E-state index in [0.29, 0.717) is 5.56 Å². The van der Waals surface area contributed by atoms with E-state index >= 15 is 0 Å². The van der Waals surface area contributed by atoms with Crippen molar-refractivity contribution < 1.29 is 13.6 Å². The molecule has 1 aliphatic rings. The van der Waals surface area contributed by atoms with Gasteiger partial charge in [0.05, 0.1) is 0 Å². The lowest BCUT2D eigenvalue weighted by Gasteiger charge is -2.32. The molecule has 0 aliphatic heterocycles. The molecule has 0 spiro atoms. The van der Waals surface area contributed by atoms with Gasteiger partial charge in [-0.2, -0.15) is 0 Å². The van der Waals surface area contributed by atoms with Gasteiger partial charge in [0.2, 0.25) is 5.91 Å². The lowest BCUT2D eigenvalue weighted by molar-refractivity contribution is -0.120. The second kappa shape index (κ2) is 5.95. The van der Waals surface area contributed by atoms with Crippen LogP contribution in [-0.4, -0.2) is 17.5 Å². The van der Waals surface area contributed by atoms with Crippen molar-refractivity contribution in [2.24, 2.45) is 0 Å². The standard InChI is InChI=1S/C17H24F2N2O/c1-11(10-16(3,4)21-12(2)22)20-17(5-6-17)13-7-14(18)9-15(19)8-13/h7-9,11,20H,5-6,10H2,1-4H3,(H,21,22)/t11-/m1/s1. The molecular weight excluding hydrogens is 286 g/mol. The molecule has 1 amide bonds. The van der Waals surface area contributed by atoms with Gasteiger partial charge in [-0.3, -0.25) is 4.79 Å². The molecule has 5 heteroatoms. The minimum absolute atomic E-state index is 0.0643. The molecule has 0 aromatic heterocycles. The molecule has 1 fully saturated rings. The van der Waals surface area contributed by atoms with Crippen LogP contribution in [0.5, 0.6) is 0 Å². The predicted octanol–water partition coefficient (Wildman–Crippen LogP) is 3.24. The number of hydrogen-bond acceptors (Lipinski definition) is 2. The number of nitrogens with one attached hydrogen (secondary N) is 2. The average molecular weight is 310 g/mol. The van der Waals surface area contributed by atoms with Crippen LogP contribution in [0.1, 0.15) is 52.5 Å². The van der Waals surface area contributed by atoms with E-state index in [1.165, 1.54) is 19.1 Å². The zero-order valence-electron chi connectivity index (χ0n) is 13.6. The van der Waals surface area contributed by atoms with Crippen LogP contribution in [0, 0.1) is 11.6 Å². The summed E-state index contributed by atoms with van der Waals surface area (Å²) in [5, 5.41) is 6.40. The fourth-order valence-electron chi connectivity index (χ4n) is 3.29. The number of carbonyl (C=O) groups is 1. The molecule has 0 saturated heterocycles. The van der Waals surface area contributed by atoms with E-state index in [9.17, 15) is 13.6 Å². The van der Waals surface area contributed by atoms with Crippen molar-refractivity contribution in [3.8, 4) is 0 Å². The van der Waals surface area contributed by atoms with E-state index in [4.69, 9.17) is 0 Å². The second-order valence-electron chi connectivity index (χ2n) is 7.05. The molecule has 1 atom stereocenters. The van der Waals surface area contributed by atoms with E-state index in [2.05, 4.69) is 10.6 Å². The van der Waals surface area contributed by atoms with Gasteiger partial charge in [0.15, 0.2) is 0 Å². The van der Waals surface area contributed by atoms with Crippen LogP contribution in [-0.2, 0) is 10.3 Å². The molecule has 1 aromatic carbocycles. The van der Waals surface area contributed by atoms with Gasteiger partial charge in [0.1, 0.15) is 11.6 Å². The van der Waals surface area contributed by atoms with Crippen molar-refractivity contribution in [2.75, 3.05) is 0 Å². The Morgan fingerprint density at radius 3 is 2.27 bits per heavy atom. The molecule has 3 nitrogen and oxygen atoms in total. The normalized spacial score (nSPS) is 17.9. The molecule has 1 aromatic rings. The summed E-state index contributed by atoms with van der Waals surface area (Å²) in [5.41, 5.74) is -0.00918. The monoisotopic (exact) mass is 310 g/mol. The van der Waals surface area contributed by atoms with Crippen LogP contribution < -0.4 is 10.6 Å². The Labute approximate surface area is 130 Å². The van der Waals surface area contributed by atoms with Gasteiger partial charge in [-0.05, 0) is 57.7 Å². The lowest BCUT2D eigenvalue weighted by Crippen LogP contribution is -2.48. The smallest absolute Gasteiger partial charge is 0.217 e. The van der Waals surface area contributed by atoms with Crippen molar-refractivity contribution in [3.05, 3.63) is 35.4 Å². The van der Waals surface area contributed by atoms with Crippen molar-refractivity contribution in [1.82, 2.24) is 10.6 Å². The van der Waals surface area contributed by atoms with Gasteiger partial charge >= 0.3 is 0 Å². The summed E-state index contributed by atoms with van der Waals surface area (Å²) in [6.45, 7) is 7.46. The molecule has 0 radical (unpaired) electrons. The third-order valence-corrected chi connectivity index (χ3v) is 4.02. The molecule has 2 rings (SSSR count). The van der Waals surface area contributed by atoms with Gasteiger partial charge in [-0.25, -0.2) is 8.78 Å². The SMILES string of the molecule is CC(=O)NC(C)(C)C[C@@H](C)NC1(c2cc(F)cc(F)c2)CC1. The first-order chi connectivity index (χ1) is 10.1. The summed E-state index contributed by atoms with van der Waals surface area (Å²) in [4.78, 5) is 11.2. The number of halogens is 2. The largest absolute Gasteiger partial charge is 0.351 e. The Balaban J connectivity index is 2.04. The van der Waals surface area contributed by atoms with Crippen LogP contribution in [0.3, 0.4) is 0 Å². The number of amides is 1. The molecule has 0 unspecified atom stereocenters. The fraction of sp³-hybridized carbons (Fsp3) is 0.588. The van der Waals surface area contributed by atoms with E-state index in [0.717, 1.165) is 25.3 Å². The summed E-state index contributed by atoms with van der Waals surface area (Å²) in [5.74, 6) is -1.16. The quantitative estimate of drug-likeness (QED) is 0.847. The molecule has 122 valence electrons. The highest BCUT2D eigenvalue weighted by atomic mass is 19.1. The molecule has 22 heavy (non-hydrogen) atoms. The predicted molar refractivity (Wildman–Crippen MR) is 82.4 cm³/mol. The molecular formula is C17H24F2N2O. The van der Waals surface area contributed by atoms with E-state index < -0.39 is 11.6 Å². The third-order valence-electron chi connectivity index (χ3n) is 4.02. The summed E-state index contributed by atoms with van der Waals surface area (Å²) >= 11 is 0. The van der Waals surface area contributed by atoms with Gasteiger partial charge in [-0.1, -0.05) is 0 Å². The van der Waals surface area contributed by atoms with Crippen molar-refractivity contribution in [1.29, 1.82) is 0 Å². The van der Waals surface area contributed by atoms with Crippen molar-refractivity contribution in [3.63, 3.8) is 0 Å². The highest BCUT2D eigenvalue weighted by molar-refractivity contribution is 5.73. The Morgan fingerprint density at radius 2 is 1.82 bits per heavy atom. The minimum Gasteiger partial charge on any atom is -0.351 e. The highest BCUT2D eigenvalue weighted by Gasteiger charge is 2.45. The van der Waals surface area contributed by atoms with E-state index in [1.54, 1.807) is 0 Å². The lowest BCUT2D eigenvalue weighted by atomic mass is 9.94. The van der Waals surface area contributed by atoms with Crippen LogP contribution in [0.2, 0.25) is 0 Å². The van der Waals surface area contributed by atoms with Gasteiger partial charge in [0.25, 0.3) is 0 Å². The first-order valence-corrected chi connectivity index (χ1v) is 7.65. The Hall–Kier alpha value is -1.49. The van der Waals surface area contributed by atoms with Crippen LogP contribution in [0.15, 0.2) is 18.2 Å². The first kappa shape index (κ1) is 16.9. The Bertz CT molecular complexity index is 548. The minimum atomic E-state index is -0.547. The van der Waals surface area contributed by atoms with Gasteiger partial charge in [-0.15, -0.1) is 0 Å². The molecule has 1 saturated carbocycles. The average Bonchev–Trinajstić information content (AvgIpc) is 3.05. The maximum Gasteiger partial charge on any atom is 0.217 e. The molecule has 1 aliphatic carbocycles. The summed E-state index contributed by atoms with van der Waals surface area (Å²) in [7, 11) is 0. The number of rotatable bonds is 6. The maximum absolute atomic E-state index is 13.4. The van der Waals surface area contributed by atoms with E-state index in [-0.39, 0.29) is 23.0 Å². The van der Waals surface area contributed by atoms with Crippen LogP contribution in [0.25, 0.3) is 0 Å². The zero-order valence-corrected chi connectivity index (χ0v) is 13.6. The maximum atomic E-state index is 13.4. The number of carbonyl (C=O) groups excluding carboxylic acids is 1. The highest BCUT2D eigenvalue weighted by Crippen LogP contribution is 2.46. The Morgan fingerprint density at radius 1 is 1.27 bits per heavy atom. The molecule has 0 heterocycles.